The van der Waals surface area contributed by atoms with Crippen LogP contribution in [0, 0.1) is 18.3 Å². The molecular formula is C40H35F12N5O6S. The number of alkyl halides is 12. The van der Waals surface area contributed by atoms with Crippen LogP contribution in [-0.4, -0.2) is 44.5 Å². The van der Waals surface area contributed by atoms with Gasteiger partial charge in [-0.05, 0) is 91.6 Å². The van der Waals surface area contributed by atoms with Gasteiger partial charge < -0.3 is 29.2 Å². The Morgan fingerprint density at radius 2 is 0.984 bits per heavy atom. The van der Waals surface area contributed by atoms with E-state index < -0.39 is 81.7 Å². The summed E-state index contributed by atoms with van der Waals surface area (Å²) in [6, 6.07) is 20.6. The fourth-order valence-corrected chi connectivity index (χ4v) is 6.78. The van der Waals surface area contributed by atoms with E-state index in [-0.39, 0.29) is 40.4 Å². The van der Waals surface area contributed by atoms with Crippen molar-refractivity contribution in [2.75, 3.05) is 0 Å². The summed E-state index contributed by atoms with van der Waals surface area (Å²) in [5, 5.41) is 13.3. The lowest BCUT2D eigenvalue weighted by molar-refractivity contribution is -0.275. The van der Waals surface area contributed by atoms with E-state index in [9.17, 15) is 62.2 Å². The Morgan fingerprint density at radius 1 is 0.641 bits per heavy atom. The minimum absolute atomic E-state index is 0.0209. The van der Waals surface area contributed by atoms with Crippen LogP contribution in [0.5, 0.6) is 23.0 Å². The summed E-state index contributed by atoms with van der Waals surface area (Å²) in [5.74, 6) is -2.02. The molecule has 1 heterocycles. The highest BCUT2D eigenvalue weighted by Crippen LogP contribution is 2.40. The second kappa shape index (κ2) is 19.4. The summed E-state index contributed by atoms with van der Waals surface area (Å²) in [7, 11) is -1.89. The number of hydrogen-bond acceptors (Lipinski definition) is 10. The largest absolute Gasteiger partial charge is 0.573 e. The third-order valence-corrected chi connectivity index (χ3v) is 10.1. The lowest BCUT2D eigenvalue weighted by atomic mass is 9.80. The van der Waals surface area contributed by atoms with Crippen molar-refractivity contribution in [2.45, 2.75) is 81.8 Å². The predicted molar refractivity (Wildman–Crippen MR) is 202 cm³/mol. The van der Waals surface area contributed by atoms with Crippen molar-refractivity contribution >= 4 is 11.0 Å². The van der Waals surface area contributed by atoms with E-state index in [1.165, 1.54) is 55.5 Å². The van der Waals surface area contributed by atoms with Crippen LogP contribution in [-0.2, 0) is 28.5 Å². The maximum atomic E-state index is 13.0. The molecule has 0 saturated heterocycles. The third kappa shape index (κ3) is 14.8. The zero-order valence-corrected chi connectivity index (χ0v) is 34.3. The molecule has 0 bridgehead atoms. The molecule has 24 heteroatoms. The molecule has 0 aliphatic carbocycles. The van der Waals surface area contributed by atoms with Gasteiger partial charge in [-0.3, -0.25) is 0 Å². The average molecular weight is 942 g/mol. The van der Waals surface area contributed by atoms with Gasteiger partial charge in [-0.15, -0.1) is 52.7 Å². The number of benzene rings is 4. The van der Waals surface area contributed by atoms with Crippen molar-refractivity contribution in [2.24, 2.45) is 5.73 Å². The number of ether oxygens (including phenoxy) is 4. The number of rotatable bonds is 13. The second-order valence-corrected chi connectivity index (χ2v) is 16.4. The Bertz CT molecular complexity index is 2310. The quantitative estimate of drug-likeness (QED) is 0.109. The standard InChI is InChI=1S/C21H20F6N2O3S.C19H15F6N3O3/c1-18(2,3)33(30)29-19(10-11-28,14-6-4-8-16(12-14)31-20(22,23)24)15-7-5-9-17(13-15)32-21(25,26)27;1-11-27-16(28-31-11)10-17(26,12-4-2-6-14(8-12)29-18(20,21)22)13-5-3-7-15(9-13)30-19(23,24)25/h4-9,12-13,29H,10H2,1-3H3;2-9H,10,26H2,1H3/t33-;/m1./s1. The lowest BCUT2D eigenvalue weighted by Crippen LogP contribution is -2.48. The summed E-state index contributed by atoms with van der Waals surface area (Å²) in [6.45, 7) is 6.35. The molecule has 0 amide bonds. The summed E-state index contributed by atoms with van der Waals surface area (Å²) in [5.41, 5.74) is 3.41. The van der Waals surface area contributed by atoms with E-state index in [1.54, 1.807) is 20.8 Å². The first-order chi connectivity index (χ1) is 29.4. The first-order valence-corrected chi connectivity index (χ1v) is 19.1. The SMILES string of the molecule is CC(C)(C)[S@@](=O)NC(CC#N)(c1cccc(OC(F)(F)F)c1)c1cccc(OC(F)(F)F)c1.Cc1nc(CC(N)(c2cccc(OC(F)(F)F)c2)c2cccc(OC(F)(F)F)c2)no1. The van der Waals surface area contributed by atoms with Gasteiger partial charge in [0.05, 0.1) is 39.3 Å². The number of nitrogens with zero attached hydrogens (tertiary/aromatic N) is 3. The lowest BCUT2D eigenvalue weighted by Gasteiger charge is -2.36. The molecule has 0 aliphatic heterocycles. The first kappa shape index (κ1) is 50.6. The van der Waals surface area contributed by atoms with Crippen molar-refractivity contribution in [3.63, 3.8) is 0 Å². The number of nitriles is 1. The van der Waals surface area contributed by atoms with Crippen LogP contribution in [0.15, 0.2) is 102 Å². The summed E-state index contributed by atoms with van der Waals surface area (Å²) < 4.78 is 188. The molecular weight excluding hydrogens is 907 g/mol. The highest BCUT2D eigenvalue weighted by Gasteiger charge is 2.41. The van der Waals surface area contributed by atoms with Gasteiger partial charge >= 0.3 is 25.4 Å². The van der Waals surface area contributed by atoms with E-state index in [0.29, 0.717) is 0 Å². The Labute approximate surface area is 358 Å². The molecule has 346 valence electrons. The Hall–Kier alpha value is -6.06. The molecule has 11 nitrogen and oxygen atoms in total. The molecule has 0 saturated carbocycles. The minimum Gasteiger partial charge on any atom is -0.406 e. The van der Waals surface area contributed by atoms with Gasteiger partial charge in [0.15, 0.2) is 5.82 Å². The van der Waals surface area contributed by atoms with E-state index in [4.69, 9.17) is 10.3 Å². The fraction of sp³-hybridized carbons (Fsp3) is 0.325. The highest BCUT2D eigenvalue weighted by molar-refractivity contribution is 7.84. The molecule has 1 aromatic heterocycles. The van der Waals surface area contributed by atoms with E-state index >= 15 is 0 Å². The monoisotopic (exact) mass is 941 g/mol. The topological polar surface area (TPSA) is 155 Å². The van der Waals surface area contributed by atoms with Crippen LogP contribution in [0.1, 0.15) is 61.2 Å². The van der Waals surface area contributed by atoms with Gasteiger partial charge in [0.1, 0.15) is 23.0 Å². The Morgan fingerprint density at radius 3 is 1.28 bits per heavy atom. The zero-order chi connectivity index (χ0) is 47.9. The molecule has 5 aromatic rings. The molecule has 3 N–H and O–H groups in total. The summed E-state index contributed by atoms with van der Waals surface area (Å²) >= 11 is 0. The van der Waals surface area contributed by atoms with Gasteiger partial charge in [0.2, 0.25) is 5.89 Å². The van der Waals surface area contributed by atoms with Gasteiger partial charge in [0.25, 0.3) is 0 Å². The van der Waals surface area contributed by atoms with Crippen molar-refractivity contribution in [1.29, 1.82) is 5.26 Å². The fourth-order valence-electron chi connectivity index (χ4n) is 5.85. The van der Waals surface area contributed by atoms with E-state index in [0.717, 1.165) is 48.5 Å². The van der Waals surface area contributed by atoms with Crippen molar-refractivity contribution < 1.29 is 80.4 Å². The molecule has 0 fully saturated rings. The van der Waals surface area contributed by atoms with E-state index in [1.807, 2.05) is 6.07 Å². The summed E-state index contributed by atoms with van der Waals surface area (Å²) in [4.78, 5) is 4.03. The number of aromatic nitrogens is 2. The Kier molecular flexibility index (Phi) is 15.3. The molecule has 0 aliphatic rings. The number of nitrogens with one attached hydrogen (secondary N) is 1. The van der Waals surface area contributed by atoms with Crippen LogP contribution in [0.3, 0.4) is 0 Å². The van der Waals surface area contributed by atoms with Gasteiger partial charge in [-0.2, -0.15) is 10.2 Å². The molecule has 1 atom stereocenters. The molecule has 0 radical (unpaired) electrons. The number of nitrogens with two attached hydrogens (primary N) is 1. The van der Waals surface area contributed by atoms with Crippen LogP contribution >= 0.6 is 0 Å². The molecule has 64 heavy (non-hydrogen) atoms. The zero-order valence-electron chi connectivity index (χ0n) is 33.5. The average Bonchev–Trinajstić information content (AvgIpc) is 3.55. The number of aryl methyl sites for hydroxylation is 1. The number of halogens is 12. The highest BCUT2D eigenvalue weighted by atomic mass is 32.2. The van der Waals surface area contributed by atoms with Gasteiger partial charge in [0, 0.05) is 13.3 Å². The normalized spacial score (nSPS) is 13.2. The number of hydrogen-bond donors (Lipinski definition) is 2. The summed E-state index contributed by atoms with van der Waals surface area (Å²) in [6.07, 6.45) is -20.6. The molecule has 0 spiro atoms. The molecule has 0 unspecified atom stereocenters. The van der Waals surface area contributed by atoms with Gasteiger partial charge in [-0.1, -0.05) is 53.7 Å². The molecule has 4 aromatic carbocycles. The van der Waals surface area contributed by atoms with Crippen LogP contribution < -0.4 is 29.4 Å². The molecule has 5 rings (SSSR count). The predicted octanol–water partition coefficient (Wildman–Crippen LogP) is 10.3. The smallest absolute Gasteiger partial charge is 0.406 e. The van der Waals surface area contributed by atoms with Gasteiger partial charge in [-0.25, -0.2) is 8.93 Å². The minimum atomic E-state index is -5.00. The van der Waals surface area contributed by atoms with Crippen molar-refractivity contribution in [3.8, 4) is 29.1 Å². The second-order valence-electron chi connectivity index (χ2n) is 14.4. The Balaban J connectivity index is 0.000000281. The maximum Gasteiger partial charge on any atom is 0.573 e. The van der Waals surface area contributed by atoms with E-state index in [2.05, 4.69) is 33.8 Å². The van der Waals surface area contributed by atoms with Crippen LogP contribution in [0.4, 0.5) is 52.7 Å². The third-order valence-electron chi connectivity index (χ3n) is 8.46. The van der Waals surface area contributed by atoms with Crippen LogP contribution in [0.25, 0.3) is 0 Å². The maximum absolute atomic E-state index is 13.0. The van der Waals surface area contributed by atoms with Crippen molar-refractivity contribution in [3.05, 3.63) is 131 Å². The van der Waals surface area contributed by atoms with Crippen molar-refractivity contribution in [1.82, 2.24) is 14.9 Å². The van der Waals surface area contributed by atoms with Crippen LogP contribution in [0.2, 0.25) is 0 Å². The first-order valence-electron chi connectivity index (χ1n) is 18.0.